The van der Waals surface area contributed by atoms with E-state index in [2.05, 4.69) is 10.2 Å². The van der Waals surface area contributed by atoms with Gasteiger partial charge in [0.05, 0.1) is 37.5 Å². The van der Waals surface area contributed by atoms with E-state index >= 15 is 0 Å². The number of nitrogens with zero attached hydrogens (tertiary/aromatic N) is 3. The first-order valence-corrected chi connectivity index (χ1v) is 14.8. The summed E-state index contributed by atoms with van der Waals surface area (Å²) >= 11 is 0. The van der Waals surface area contributed by atoms with Gasteiger partial charge in [0.25, 0.3) is 0 Å². The van der Waals surface area contributed by atoms with Gasteiger partial charge in [0.1, 0.15) is 5.76 Å². The summed E-state index contributed by atoms with van der Waals surface area (Å²) in [5.74, 6) is 0.0330. The number of morpholine rings is 1. The predicted octanol–water partition coefficient (Wildman–Crippen LogP) is 3.18. The van der Waals surface area contributed by atoms with Crippen LogP contribution in [0.3, 0.4) is 0 Å². The number of furan rings is 1. The SMILES string of the molecule is CC(=O)Nc1ccc(S(=O)(=O)N(CCCN2CCOCC2)CC(=O)N(Cc2ccccc2)Cc2ccco2)cc1. The van der Waals surface area contributed by atoms with Crippen molar-refractivity contribution in [1.82, 2.24) is 14.1 Å². The summed E-state index contributed by atoms with van der Waals surface area (Å²) in [6.45, 7) is 5.38. The highest BCUT2D eigenvalue weighted by atomic mass is 32.2. The molecule has 2 aromatic carbocycles. The van der Waals surface area contributed by atoms with Crippen LogP contribution in [0.1, 0.15) is 24.7 Å². The summed E-state index contributed by atoms with van der Waals surface area (Å²) < 4.78 is 39.8. The fourth-order valence-corrected chi connectivity index (χ4v) is 5.95. The van der Waals surface area contributed by atoms with Crippen molar-refractivity contribution in [3.63, 3.8) is 0 Å². The topological polar surface area (TPSA) is 112 Å². The Balaban J connectivity index is 1.54. The van der Waals surface area contributed by atoms with Crippen molar-refractivity contribution in [2.24, 2.45) is 0 Å². The number of hydrogen-bond acceptors (Lipinski definition) is 7. The van der Waals surface area contributed by atoms with E-state index in [1.165, 1.54) is 23.4 Å². The van der Waals surface area contributed by atoms with E-state index in [1.54, 1.807) is 35.4 Å². The Morgan fingerprint density at radius 1 is 0.950 bits per heavy atom. The van der Waals surface area contributed by atoms with Crippen molar-refractivity contribution < 1.29 is 27.2 Å². The summed E-state index contributed by atoms with van der Waals surface area (Å²) in [6, 6.07) is 19.1. The second-order valence-electron chi connectivity index (χ2n) is 9.67. The Morgan fingerprint density at radius 3 is 2.33 bits per heavy atom. The number of amides is 2. The number of carbonyl (C=O) groups excluding carboxylic acids is 2. The number of rotatable bonds is 13. The Labute approximate surface area is 235 Å². The third-order valence-electron chi connectivity index (χ3n) is 6.61. The molecule has 0 bridgehead atoms. The summed E-state index contributed by atoms with van der Waals surface area (Å²) in [5.41, 5.74) is 1.42. The molecule has 1 fully saturated rings. The van der Waals surface area contributed by atoms with Crippen LogP contribution in [0.5, 0.6) is 0 Å². The number of sulfonamides is 1. The number of hydrogen-bond donors (Lipinski definition) is 1. The van der Waals surface area contributed by atoms with E-state index in [0.717, 1.165) is 18.7 Å². The molecule has 0 atom stereocenters. The molecule has 2 amide bonds. The molecule has 1 aromatic heterocycles. The number of benzene rings is 2. The monoisotopic (exact) mass is 568 g/mol. The van der Waals surface area contributed by atoms with Gasteiger partial charge < -0.3 is 19.4 Å². The lowest BCUT2D eigenvalue weighted by Gasteiger charge is -2.29. The van der Waals surface area contributed by atoms with E-state index in [0.29, 0.717) is 44.2 Å². The van der Waals surface area contributed by atoms with Crippen LogP contribution in [-0.2, 0) is 37.4 Å². The molecular weight excluding hydrogens is 532 g/mol. The minimum Gasteiger partial charge on any atom is -0.467 e. The van der Waals surface area contributed by atoms with Gasteiger partial charge in [-0.3, -0.25) is 14.5 Å². The number of ether oxygens (including phenoxy) is 1. The zero-order valence-electron chi connectivity index (χ0n) is 22.7. The Hall–Kier alpha value is -3.51. The molecule has 40 heavy (non-hydrogen) atoms. The van der Waals surface area contributed by atoms with Crippen LogP contribution in [0.4, 0.5) is 5.69 Å². The minimum atomic E-state index is -4.01. The van der Waals surface area contributed by atoms with Crippen LogP contribution in [-0.4, -0.2) is 80.3 Å². The maximum Gasteiger partial charge on any atom is 0.243 e. The number of nitrogens with one attached hydrogen (secondary N) is 1. The van der Waals surface area contributed by atoms with Gasteiger partial charge >= 0.3 is 0 Å². The first-order valence-electron chi connectivity index (χ1n) is 13.3. The molecule has 1 aliphatic heterocycles. The van der Waals surface area contributed by atoms with Crippen LogP contribution in [0, 0.1) is 0 Å². The highest BCUT2D eigenvalue weighted by molar-refractivity contribution is 7.89. The van der Waals surface area contributed by atoms with E-state index < -0.39 is 10.0 Å². The zero-order chi connectivity index (χ0) is 28.4. The van der Waals surface area contributed by atoms with E-state index in [1.807, 2.05) is 30.3 Å². The maximum absolute atomic E-state index is 13.8. The van der Waals surface area contributed by atoms with Crippen molar-refractivity contribution in [1.29, 1.82) is 0 Å². The van der Waals surface area contributed by atoms with Crippen molar-refractivity contribution in [2.75, 3.05) is 51.3 Å². The average molecular weight is 569 g/mol. The fourth-order valence-electron chi connectivity index (χ4n) is 4.52. The number of carbonyl (C=O) groups is 2. The van der Waals surface area contributed by atoms with Gasteiger partial charge in [0.15, 0.2) is 0 Å². The molecule has 4 rings (SSSR count). The Bertz CT molecular complexity index is 1320. The predicted molar refractivity (Wildman–Crippen MR) is 151 cm³/mol. The van der Waals surface area contributed by atoms with E-state index in [4.69, 9.17) is 9.15 Å². The highest BCUT2D eigenvalue weighted by Crippen LogP contribution is 2.20. The molecule has 0 radical (unpaired) electrons. The third-order valence-corrected chi connectivity index (χ3v) is 8.46. The van der Waals surface area contributed by atoms with Crippen LogP contribution >= 0.6 is 0 Å². The first-order chi connectivity index (χ1) is 19.3. The molecule has 0 saturated carbocycles. The lowest BCUT2D eigenvalue weighted by molar-refractivity contribution is -0.133. The molecule has 214 valence electrons. The van der Waals surface area contributed by atoms with Gasteiger partial charge in [-0.2, -0.15) is 4.31 Å². The van der Waals surface area contributed by atoms with Crippen molar-refractivity contribution in [3.05, 3.63) is 84.3 Å². The molecule has 10 nitrogen and oxygen atoms in total. The molecule has 0 aliphatic carbocycles. The molecule has 11 heteroatoms. The van der Waals surface area contributed by atoms with Crippen LogP contribution < -0.4 is 5.32 Å². The molecule has 0 spiro atoms. The van der Waals surface area contributed by atoms with Crippen LogP contribution in [0.2, 0.25) is 0 Å². The summed E-state index contributed by atoms with van der Waals surface area (Å²) in [5, 5.41) is 2.64. The van der Waals surface area contributed by atoms with Gasteiger partial charge in [-0.15, -0.1) is 0 Å². The third kappa shape index (κ3) is 8.49. The van der Waals surface area contributed by atoms with Gasteiger partial charge in [-0.25, -0.2) is 8.42 Å². The standard InChI is InChI=1S/C29H36N4O6S/c1-24(34)30-26-10-12-28(13-11-26)40(36,37)33(15-6-14-31-16-19-38-20-17-31)23-29(35)32(22-27-9-5-18-39-27)21-25-7-3-2-4-8-25/h2-5,7-13,18H,6,14-17,19-23H2,1H3,(H,30,34). The van der Waals surface area contributed by atoms with E-state index in [9.17, 15) is 18.0 Å². The van der Waals surface area contributed by atoms with E-state index in [-0.39, 0.29) is 36.3 Å². The maximum atomic E-state index is 13.8. The second kappa shape index (κ2) is 14.2. The zero-order valence-corrected chi connectivity index (χ0v) is 23.5. The lowest BCUT2D eigenvalue weighted by atomic mass is 10.2. The number of anilines is 1. The fraction of sp³-hybridized carbons (Fsp3) is 0.379. The molecule has 3 aromatic rings. The van der Waals surface area contributed by atoms with Crippen molar-refractivity contribution in [2.45, 2.75) is 31.3 Å². The quantitative estimate of drug-likeness (QED) is 0.337. The second-order valence-corrected chi connectivity index (χ2v) is 11.6. The van der Waals surface area contributed by atoms with Crippen LogP contribution in [0.15, 0.2) is 82.3 Å². The van der Waals surface area contributed by atoms with Gasteiger partial charge in [-0.05, 0) is 54.9 Å². The summed E-state index contributed by atoms with van der Waals surface area (Å²) in [4.78, 5) is 29.0. The lowest BCUT2D eigenvalue weighted by Crippen LogP contribution is -2.44. The normalized spacial score (nSPS) is 14.2. The van der Waals surface area contributed by atoms with Crippen molar-refractivity contribution in [3.8, 4) is 0 Å². The minimum absolute atomic E-state index is 0.0569. The molecule has 1 N–H and O–H groups in total. The average Bonchev–Trinajstić information content (AvgIpc) is 3.46. The van der Waals surface area contributed by atoms with Gasteiger partial charge in [-0.1, -0.05) is 30.3 Å². The molecule has 1 aliphatic rings. The van der Waals surface area contributed by atoms with Crippen LogP contribution in [0.25, 0.3) is 0 Å². The Kier molecular flexibility index (Phi) is 10.5. The first kappa shape index (κ1) is 29.5. The van der Waals surface area contributed by atoms with Gasteiger partial charge in [0.2, 0.25) is 21.8 Å². The highest BCUT2D eigenvalue weighted by Gasteiger charge is 2.29. The molecular formula is C29H36N4O6S. The Morgan fingerprint density at radius 2 is 1.68 bits per heavy atom. The molecule has 2 heterocycles. The largest absolute Gasteiger partial charge is 0.467 e. The molecule has 1 saturated heterocycles. The van der Waals surface area contributed by atoms with Gasteiger partial charge in [0, 0.05) is 38.8 Å². The van der Waals surface area contributed by atoms with Crippen molar-refractivity contribution >= 4 is 27.5 Å². The smallest absolute Gasteiger partial charge is 0.243 e. The summed E-state index contributed by atoms with van der Waals surface area (Å²) in [6.07, 6.45) is 2.11. The molecule has 0 unspecified atom stereocenters. The summed E-state index contributed by atoms with van der Waals surface area (Å²) in [7, 11) is -4.01.